The molecule has 6 nitrogen and oxygen atoms in total. The fourth-order valence-electron chi connectivity index (χ4n) is 3.99. The molecule has 1 atom stereocenters. The van der Waals surface area contributed by atoms with Gasteiger partial charge in [-0.2, -0.15) is 4.31 Å². The quantitative estimate of drug-likeness (QED) is 0.793. The summed E-state index contributed by atoms with van der Waals surface area (Å²) in [6, 6.07) is 16.3. The molecule has 2 fully saturated rings. The fraction of sp³-hybridized carbons (Fsp3) is 0.381. The smallest absolute Gasteiger partial charge is 0.243 e. The van der Waals surface area contributed by atoms with Crippen molar-refractivity contribution in [1.29, 1.82) is 0 Å². The Morgan fingerprint density at radius 3 is 2.29 bits per heavy atom. The zero-order valence-corrected chi connectivity index (χ0v) is 16.8. The molecule has 2 heterocycles. The van der Waals surface area contributed by atoms with Gasteiger partial charge in [0.15, 0.2) is 0 Å². The summed E-state index contributed by atoms with van der Waals surface area (Å²) in [5.41, 5.74) is 1.76. The van der Waals surface area contributed by atoms with Gasteiger partial charge in [0.2, 0.25) is 15.9 Å². The van der Waals surface area contributed by atoms with E-state index in [2.05, 4.69) is 4.90 Å². The van der Waals surface area contributed by atoms with Gasteiger partial charge >= 0.3 is 0 Å². The second kappa shape index (κ2) is 7.66. The van der Waals surface area contributed by atoms with Crippen molar-refractivity contribution in [1.82, 2.24) is 9.21 Å². The predicted octanol–water partition coefficient (Wildman–Crippen LogP) is 2.49. The maximum Gasteiger partial charge on any atom is 0.243 e. The molecular formula is C21H25N3O3S. The van der Waals surface area contributed by atoms with Gasteiger partial charge < -0.3 is 9.80 Å². The summed E-state index contributed by atoms with van der Waals surface area (Å²) in [5.74, 6) is 0.0961. The number of sulfonamides is 1. The highest BCUT2D eigenvalue weighted by molar-refractivity contribution is 7.89. The maximum absolute atomic E-state index is 13.4. The van der Waals surface area contributed by atoms with Crippen molar-refractivity contribution in [2.24, 2.45) is 0 Å². The van der Waals surface area contributed by atoms with Gasteiger partial charge in [-0.1, -0.05) is 30.3 Å². The molecule has 0 unspecified atom stereocenters. The number of carbonyl (C=O) groups excluding carboxylic acids is 1. The van der Waals surface area contributed by atoms with Crippen LogP contribution in [0.25, 0.3) is 0 Å². The zero-order chi connectivity index (χ0) is 19.7. The summed E-state index contributed by atoms with van der Waals surface area (Å²) in [5, 5.41) is 0. The van der Waals surface area contributed by atoms with E-state index in [1.54, 1.807) is 33.5 Å². The molecule has 0 N–H and O–H groups in total. The number of rotatable bonds is 4. The lowest BCUT2D eigenvalue weighted by atomic mass is 10.1. The van der Waals surface area contributed by atoms with Crippen molar-refractivity contribution in [2.45, 2.75) is 23.8 Å². The highest BCUT2D eigenvalue weighted by atomic mass is 32.2. The molecule has 4 rings (SSSR count). The van der Waals surface area contributed by atoms with Gasteiger partial charge in [0.05, 0.1) is 10.9 Å². The molecule has 0 aromatic heterocycles. The van der Waals surface area contributed by atoms with Crippen molar-refractivity contribution in [3.05, 3.63) is 60.2 Å². The molecule has 2 aliphatic rings. The molecule has 2 aromatic rings. The first kappa shape index (κ1) is 19.1. The molecule has 2 saturated heterocycles. The molecule has 28 heavy (non-hydrogen) atoms. The summed E-state index contributed by atoms with van der Waals surface area (Å²) in [6.45, 7) is 2.50. The van der Waals surface area contributed by atoms with E-state index >= 15 is 0 Å². The van der Waals surface area contributed by atoms with Gasteiger partial charge in [0, 0.05) is 38.3 Å². The van der Waals surface area contributed by atoms with Crippen LogP contribution in [0, 0.1) is 0 Å². The summed E-state index contributed by atoms with van der Waals surface area (Å²) in [7, 11) is -1.62. The van der Waals surface area contributed by atoms with Crippen LogP contribution in [0.3, 0.4) is 0 Å². The van der Waals surface area contributed by atoms with Gasteiger partial charge in [-0.15, -0.1) is 0 Å². The number of benzene rings is 2. The highest BCUT2D eigenvalue weighted by Gasteiger charge is 2.36. The molecule has 2 aromatic carbocycles. The van der Waals surface area contributed by atoms with Gasteiger partial charge in [-0.3, -0.25) is 4.79 Å². The molecule has 0 spiro atoms. The molecule has 1 amide bonds. The minimum atomic E-state index is -3.63. The first-order valence-electron chi connectivity index (χ1n) is 9.62. The Bertz CT molecular complexity index is 945. The lowest BCUT2D eigenvalue weighted by Crippen LogP contribution is -2.49. The van der Waals surface area contributed by atoms with Crippen LogP contribution in [0.5, 0.6) is 0 Å². The molecule has 148 valence electrons. The third-order valence-corrected chi connectivity index (χ3v) is 7.47. The van der Waals surface area contributed by atoms with Crippen LogP contribution in [0.2, 0.25) is 0 Å². The first-order valence-corrected chi connectivity index (χ1v) is 11.1. The molecule has 0 radical (unpaired) electrons. The zero-order valence-electron chi connectivity index (χ0n) is 16.0. The van der Waals surface area contributed by atoms with E-state index in [0.29, 0.717) is 32.6 Å². The fourth-order valence-corrected chi connectivity index (χ4v) is 5.59. The van der Waals surface area contributed by atoms with E-state index in [4.69, 9.17) is 0 Å². The second-order valence-corrected chi connectivity index (χ2v) is 9.34. The van der Waals surface area contributed by atoms with E-state index < -0.39 is 10.0 Å². The number of piperazine rings is 1. The third-order valence-electron chi connectivity index (χ3n) is 5.55. The molecule has 0 bridgehead atoms. The SMILES string of the molecule is CN1CCN(S(=O)(=O)c2ccc(N3CCCC3=O)cc2)[C@H](c2ccccc2)C1. The lowest BCUT2D eigenvalue weighted by molar-refractivity contribution is -0.117. The Morgan fingerprint density at radius 2 is 1.64 bits per heavy atom. The Hall–Kier alpha value is -2.22. The standard InChI is InChI=1S/C21H25N3O3S/c1-22-14-15-24(20(16-22)17-6-3-2-4-7-17)28(26,27)19-11-9-18(10-12-19)23-13-5-8-21(23)25/h2-4,6-7,9-12,20H,5,8,13-16H2,1H3/t20-/m0/s1. The van der Waals surface area contributed by atoms with Gasteiger partial charge in [-0.05, 0) is 43.3 Å². The maximum atomic E-state index is 13.4. The van der Waals surface area contributed by atoms with E-state index in [1.165, 1.54) is 0 Å². The number of amides is 1. The van der Waals surface area contributed by atoms with E-state index in [-0.39, 0.29) is 16.8 Å². The Kier molecular flexibility index (Phi) is 5.23. The number of nitrogens with zero attached hydrogens (tertiary/aromatic N) is 3. The van der Waals surface area contributed by atoms with Crippen LogP contribution in [0.15, 0.2) is 59.5 Å². The highest BCUT2D eigenvalue weighted by Crippen LogP contribution is 2.32. The molecule has 7 heteroatoms. The lowest BCUT2D eigenvalue weighted by Gasteiger charge is -2.39. The average Bonchev–Trinajstić information content (AvgIpc) is 3.14. The number of anilines is 1. The van der Waals surface area contributed by atoms with E-state index in [9.17, 15) is 13.2 Å². The van der Waals surface area contributed by atoms with Crippen molar-refractivity contribution >= 4 is 21.6 Å². The Morgan fingerprint density at radius 1 is 0.929 bits per heavy atom. The van der Waals surface area contributed by atoms with Gasteiger partial charge in [0.25, 0.3) is 0 Å². The van der Waals surface area contributed by atoms with E-state index in [1.807, 2.05) is 37.4 Å². The van der Waals surface area contributed by atoms with Crippen molar-refractivity contribution in [3.63, 3.8) is 0 Å². The third kappa shape index (κ3) is 3.57. The van der Waals surface area contributed by atoms with Gasteiger partial charge in [0.1, 0.15) is 0 Å². The normalized spacial score (nSPS) is 22.0. The van der Waals surface area contributed by atoms with Crippen LogP contribution in [0.1, 0.15) is 24.4 Å². The Labute approximate surface area is 166 Å². The summed E-state index contributed by atoms with van der Waals surface area (Å²) >= 11 is 0. The number of hydrogen-bond acceptors (Lipinski definition) is 4. The van der Waals surface area contributed by atoms with Crippen molar-refractivity contribution in [3.8, 4) is 0 Å². The summed E-state index contributed by atoms with van der Waals surface area (Å²) in [4.78, 5) is 16.1. The molecule has 0 saturated carbocycles. The molecular weight excluding hydrogens is 374 g/mol. The van der Waals surface area contributed by atoms with Crippen LogP contribution >= 0.6 is 0 Å². The summed E-state index contributed by atoms with van der Waals surface area (Å²) < 4.78 is 28.4. The monoisotopic (exact) mass is 399 g/mol. The minimum Gasteiger partial charge on any atom is -0.312 e. The van der Waals surface area contributed by atoms with E-state index in [0.717, 1.165) is 17.7 Å². The Balaban J connectivity index is 1.63. The minimum absolute atomic E-state index is 0.0961. The molecule has 0 aliphatic carbocycles. The summed E-state index contributed by atoms with van der Waals surface area (Å²) in [6.07, 6.45) is 1.40. The first-order chi connectivity index (χ1) is 13.5. The number of likely N-dealkylation sites (N-methyl/N-ethyl adjacent to an activating group) is 1. The predicted molar refractivity (Wildman–Crippen MR) is 109 cm³/mol. The van der Waals surface area contributed by atoms with Crippen LogP contribution < -0.4 is 4.90 Å². The van der Waals surface area contributed by atoms with Crippen LogP contribution in [-0.4, -0.2) is 56.8 Å². The molecule has 2 aliphatic heterocycles. The van der Waals surface area contributed by atoms with Crippen LogP contribution in [0.4, 0.5) is 5.69 Å². The second-order valence-electron chi connectivity index (χ2n) is 7.45. The largest absolute Gasteiger partial charge is 0.312 e. The topological polar surface area (TPSA) is 60.9 Å². The van der Waals surface area contributed by atoms with Crippen LogP contribution in [-0.2, 0) is 14.8 Å². The van der Waals surface area contributed by atoms with Gasteiger partial charge in [-0.25, -0.2) is 8.42 Å². The number of hydrogen-bond donors (Lipinski definition) is 0. The average molecular weight is 400 g/mol. The van der Waals surface area contributed by atoms with Crippen molar-refractivity contribution in [2.75, 3.05) is 38.1 Å². The number of carbonyl (C=O) groups is 1. The van der Waals surface area contributed by atoms with Crippen molar-refractivity contribution < 1.29 is 13.2 Å².